The molecule has 0 aromatic heterocycles. The van der Waals surface area contributed by atoms with Crippen LogP contribution in [-0.4, -0.2) is 32.2 Å². The van der Waals surface area contributed by atoms with E-state index in [0.717, 1.165) is 18.8 Å². The van der Waals surface area contributed by atoms with E-state index in [1.165, 1.54) is 12.8 Å². The van der Waals surface area contributed by atoms with Crippen molar-refractivity contribution >= 4 is 0 Å². The van der Waals surface area contributed by atoms with Gasteiger partial charge in [-0.05, 0) is 44.9 Å². The third kappa shape index (κ3) is 2.79. The highest BCUT2D eigenvalue weighted by Crippen LogP contribution is 2.47. The Bertz CT molecular complexity index is 283. The van der Waals surface area contributed by atoms with Gasteiger partial charge in [-0.25, -0.2) is 0 Å². The van der Waals surface area contributed by atoms with Gasteiger partial charge in [0.25, 0.3) is 0 Å². The number of allylic oxidation sites excluding steroid dienone is 1. The van der Waals surface area contributed by atoms with Crippen molar-refractivity contribution < 1.29 is 14.2 Å². The monoisotopic (exact) mass is 254 g/mol. The Balaban J connectivity index is 2.01. The molecule has 1 fully saturated rings. The summed E-state index contributed by atoms with van der Waals surface area (Å²) < 4.78 is 17.2. The van der Waals surface area contributed by atoms with Crippen LogP contribution in [0.4, 0.5) is 0 Å². The van der Waals surface area contributed by atoms with Gasteiger partial charge in [0, 0.05) is 26.7 Å². The average Bonchev–Trinajstić information content (AvgIpc) is 2.41. The zero-order valence-electron chi connectivity index (χ0n) is 11.9. The molecule has 0 heterocycles. The van der Waals surface area contributed by atoms with Crippen LogP contribution in [0.1, 0.15) is 39.5 Å². The number of hydrogen-bond donors (Lipinski definition) is 0. The standard InChI is InChI=1S/C15H26O3/c1-4-17-14(18-5-2)11-13-10-12-6-8-15(13,16-3)9-7-12/h6,8,12-14H,4-5,7,9-11H2,1-3H3. The van der Waals surface area contributed by atoms with Crippen molar-refractivity contribution in [3.63, 3.8) is 0 Å². The van der Waals surface area contributed by atoms with Crippen molar-refractivity contribution in [3.05, 3.63) is 12.2 Å². The third-order valence-electron chi connectivity index (χ3n) is 4.40. The van der Waals surface area contributed by atoms with E-state index in [4.69, 9.17) is 14.2 Å². The first kappa shape index (κ1) is 14.0. The highest BCUT2D eigenvalue weighted by atomic mass is 16.7. The lowest BCUT2D eigenvalue weighted by Gasteiger charge is -2.48. The average molecular weight is 254 g/mol. The summed E-state index contributed by atoms with van der Waals surface area (Å²) in [6, 6.07) is 0. The molecule has 0 N–H and O–H groups in total. The van der Waals surface area contributed by atoms with Crippen LogP contribution in [0.25, 0.3) is 0 Å². The lowest BCUT2D eigenvalue weighted by Crippen LogP contribution is -2.47. The predicted molar refractivity (Wildman–Crippen MR) is 71.4 cm³/mol. The summed E-state index contributed by atoms with van der Waals surface area (Å²) in [5, 5.41) is 0. The highest BCUT2D eigenvalue weighted by Gasteiger charge is 2.45. The minimum absolute atomic E-state index is 0.0683. The minimum atomic E-state index is -0.0789. The first-order chi connectivity index (χ1) is 8.74. The molecule has 18 heavy (non-hydrogen) atoms. The van der Waals surface area contributed by atoms with Crippen LogP contribution >= 0.6 is 0 Å². The van der Waals surface area contributed by atoms with E-state index in [9.17, 15) is 0 Å². The molecule has 3 nitrogen and oxygen atoms in total. The number of fused-ring (bicyclic) bond motifs is 2. The van der Waals surface area contributed by atoms with Gasteiger partial charge in [-0.2, -0.15) is 0 Å². The minimum Gasteiger partial charge on any atom is -0.374 e. The van der Waals surface area contributed by atoms with Gasteiger partial charge < -0.3 is 14.2 Å². The molecule has 0 aliphatic heterocycles. The van der Waals surface area contributed by atoms with E-state index in [1.807, 2.05) is 21.0 Å². The Morgan fingerprint density at radius 3 is 2.50 bits per heavy atom. The molecular formula is C15H26O3. The summed E-state index contributed by atoms with van der Waals surface area (Å²) in [7, 11) is 1.83. The van der Waals surface area contributed by atoms with E-state index >= 15 is 0 Å². The molecule has 1 saturated carbocycles. The van der Waals surface area contributed by atoms with Crippen molar-refractivity contribution in [2.75, 3.05) is 20.3 Å². The van der Waals surface area contributed by atoms with Crippen molar-refractivity contribution in [3.8, 4) is 0 Å². The predicted octanol–water partition coefficient (Wildman–Crippen LogP) is 3.15. The van der Waals surface area contributed by atoms with Crippen molar-refractivity contribution in [1.82, 2.24) is 0 Å². The van der Waals surface area contributed by atoms with Crippen molar-refractivity contribution in [2.24, 2.45) is 11.8 Å². The summed E-state index contributed by atoms with van der Waals surface area (Å²) in [4.78, 5) is 0. The molecule has 3 heteroatoms. The van der Waals surface area contributed by atoms with Gasteiger partial charge in [-0.15, -0.1) is 0 Å². The second kappa shape index (κ2) is 6.18. The maximum atomic E-state index is 5.84. The summed E-state index contributed by atoms with van der Waals surface area (Å²) in [6.45, 7) is 5.45. The van der Waals surface area contributed by atoms with Gasteiger partial charge in [0.2, 0.25) is 0 Å². The van der Waals surface area contributed by atoms with Crippen molar-refractivity contribution in [2.45, 2.75) is 51.4 Å². The third-order valence-corrected chi connectivity index (χ3v) is 4.40. The quantitative estimate of drug-likeness (QED) is 0.516. The first-order valence-electron chi connectivity index (χ1n) is 7.21. The molecule has 3 aliphatic carbocycles. The van der Waals surface area contributed by atoms with Gasteiger partial charge in [0.1, 0.15) is 0 Å². The lowest BCUT2D eigenvalue weighted by atomic mass is 9.65. The largest absolute Gasteiger partial charge is 0.374 e. The fraction of sp³-hybridized carbons (Fsp3) is 0.867. The Kier molecular flexibility index (Phi) is 4.82. The zero-order chi connectivity index (χ0) is 13.0. The van der Waals surface area contributed by atoms with Crippen LogP contribution < -0.4 is 0 Å². The fourth-order valence-corrected chi connectivity index (χ4v) is 3.41. The van der Waals surface area contributed by atoms with Crippen LogP contribution in [0.5, 0.6) is 0 Å². The van der Waals surface area contributed by atoms with E-state index in [2.05, 4.69) is 12.2 Å². The zero-order valence-corrected chi connectivity index (χ0v) is 11.9. The normalized spacial score (nSPS) is 34.4. The van der Waals surface area contributed by atoms with Crippen LogP contribution in [0.2, 0.25) is 0 Å². The Morgan fingerprint density at radius 2 is 2.00 bits per heavy atom. The van der Waals surface area contributed by atoms with Gasteiger partial charge in [-0.3, -0.25) is 0 Å². The number of rotatable bonds is 7. The molecule has 3 unspecified atom stereocenters. The second-order valence-corrected chi connectivity index (χ2v) is 5.33. The number of hydrogen-bond acceptors (Lipinski definition) is 3. The molecule has 0 aromatic carbocycles. The van der Waals surface area contributed by atoms with Crippen LogP contribution in [0.15, 0.2) is 12.2 Å². The SMILES string of the molecule is CCOC(CC1CC2C=CC1(OC)CC2)OCC. The molecule has 3 rings (SSSR count). The molecule has 104 valence electrons. The Hall–Kier alpha value is -0.380. The molecule has 0 saturated heterocycles. The smallest absolute Gasteiger partial charge is 0.157 e. The Labute approximate surface area is 110 Å². The van der Waals surface area contributed by atoms with Crippen molar-refractivity contribution in [1.29, 1.82) is 0 Å². The molecular weight excluding hydrogens is 228 g/mol. The molecule has 0 radical (unpaired) electrons. The van der Waals surface area contributed by atoms with E-state index in [0.29, 0.717) is 19.1 Å². The number of methoxy groups -OCH3 is 1. The molecule has 0 spiro atoms. The molecule has 2 bridgehead atoms. The first-order valence-corrected chi connectivity index (χ1v) is 7.21. The number of ether oxygens (including phenoxy) is 3. The van der Waals surface area contributed by atoms with Gasteiger partial charge in [0.05, 0.1) is 5.60 Å². The molecule has 3 aliphatic rings. The maximum absolute atomic E-state index is 5.84. The van der Waals surface area contributed by atoms with Gasteiger partial charge in [0.15, 0.2) is 6.29 Å². The topological polar surface area (TPSA) is 27.7 Å². The van der Waals surface area contributed by atoms with Crippen LogP contribution in [-0.2, 0) is 14.2 Å². The van der Waals surface area contributed by atoms with Gasteiger partial charge in [-0.1, -0.05) is 12.2 Å². The maximum Gasteiger partial charge on any atom is 0.157 e. The summed E-state index contributed by atoms with van der Waals surface area (Å²) in [5.74, 6) is 1.25. The lowest BCUT2D eigenvalue weighted by molar-refractivity contribution is -0.167. The molecule has 3 atom stereocenters. The summed E-state index contributed by atoms with van der Waals surface area (Å²) in [6.07, 6.45) is 9.08. The Morgan fingerprint density at radius 1 is 1.28 bits per heavy atom. The van der Waals surface area contributed by atoms with E-state index in [-0.39, 0.29) is 11.9 Å². The van der Waals surface area contributed by atoms with E-state index in [1.54, 1.807) is 0 Å². The highest BCUT2D eigenvalue weighted by molar-refractivity contribution is 5.16. The van der Waals surface area contributed by atoms with Gasteiger partial charge >= 0.3 is 0 Å². The molecule has 0 aromatic rings. The second-order valence-electron chi connectivity index (χ2n) is 5.33. The fourth-order valence-electron chi connectivity index (χ4n) is 3.41. The summed E-state index contributed by atoms with van der Waals surface area (Å²) in [5.41, 5.74) is -0.0683. The van der Waals surface area contributed by atoms with E-state index < -0.39 is 0 Å². The van der Waals surface area contributed by atoms with Crippen LogP contribution in [0.3, 0.4) is 0 Å². The summed E-state index contributed by atoms with van der Waals surface area (Å²) >= 11 is 0. The molecule has 0 amide bonds. The van der Waals surface area contributed by atoms with Crippen LogP contribution in [0, 0.1) is 11.8 Å².